The van der Waals surface area contributed by atoms with Gasteiger partial charge in [-0.15, -0.1) is 11.3 Å². The third-order valence-corrected chi connectivity index (χ3v) is 5.18. The highest BCUT2D eigenvalue weighted by Crippen LogP contribution is 2.36. The Balaban J connectivity index is 1.76. The fourth-order valence-electron chi connectivity index (χ4n) is 2.44. The van der Waals surface area contributed by atoms with Crippen LogP contribution in [0.15, 0.2) is 38.9 Å². The smallest absolute Gasteiger partial charge is 0.412 e. The van der Waals surface area contributed by atoms with Crippen molar-refractivity contribution in [1.29, 1.82) is 0 Å². The molecular weight excluding hydrogens is 406 g/mol. The molecule has 1 amide bonds. The maximum atomic E-state index is 12.3. The van der Waals surface area contributed by atoms with Gasteiger partial charge in [0.2, 0.25) is 5.76 Å². The first kappa shape index (κ1) is 17.6. The first-order valence-corrected chi connectivity index (χ1v) is 9.17. The number of thiazole rings is 1. The van der Waals surface area contributed by atoms with Gasteiger partial charge in [-0.05, 0) is 47.8 Å². The quantitative estimate of drug-likeness (QED) is 0.602. The number of rotatable bonds is 4. The van der Waals surface area contributed by atoms with Crippen molar-refractivity contribution in [2.45, 2.75) is 26.9 Å². The van der Waals surface area contributed by atoms with Crippen LogP contribution in [-0.4, -0.2) is 16.2 Å². The van der Waals surface area contributed by atoms with Gasteiger partial charge in [0, 0.05) is 0 Å². The SMILES string of the molecule is Cc1ccccc1[C@@H](C)OC(=O)Nc1c(C)noc1-c1cnc(Br)s1. The summed E-state index contributed by atoms with van der Waals surface area (Å²) in [5.74, 6) is 0.459. The molecule has 0 saturated heterocycles. The predicted octanol–water partition coefficient (Wildman–Crippen LogP) is 5.49. The molecule has 130 valence electrons. The first-order valence-electron chi connectivity index (χ1n) is 7.57. The van der Waals surface area contributed by atoms with E-state index in [1.54, 1.807) is 13.1 Å². The minimum atomic E-state index is -0.563. The lowest BCUT2D eigenvalue weighted by Crippen LogP contribution is -2.17. The Morgan fingerprint density at radius 3 is 2.80 bits per heavy atom. The van der Waals surface area contributed by atoms with Crippen LogP contribution in [0.3, 0.4) is 0 Å². The Morgan fingerprint density at radius 1 is 1.36 bits per heavy atom. The molecule has 3 rings (SSSR count). The lowest BCUT2D eigenvalue weighted by atomic mass is 10.1. The van der Waals surface area contributed by atoms with Gasteiger partial charge < -0.3 is 9.26 Å². The highest BCUT2D eigenvalue weighted by molar-refractivity contribution is 9.11. The third-order valence-electron chi connectivity index (χ3n) is 3.70. The van der Waals surface area contributed by atoms with E-state index < -0.39 is 6.09 Å². The normalized spacial score (nSPS) is 12.0. The molecule has 1 N–H and O–H groups in total. The van der Waals surface area contributed by atoms with Crippen molar-refractivity contribution in [1.82, 2.24) is 10.1 Å². The van der Waals surface area contributed by atoms with E-state index >= 15 is 0 Å². The van der Waals surface area contributed by atoms with Gasteiger partial charge in [-0.2, -0.15) is 0 Å². The second-order valence-corrected chi connectivity index (χ2v) is 7.79. The summed E-state index contributed by atoms with van der Waals surface area (Å²) in [4.78, 5) is 17.2. The van der Waals surface area contributed by atoms with E-state index in [0.29, 0.717) is 17.1 Å². The fraction of sp³-hybridized carbons (Fsp3) is 0.235. The average molecular weight is 422 g/mol. The van der Waals surface area contributed by atoms with E-state index in [1.807, 2.05) is 38.1 Å². The number of benzene rings is 1. The molecule has 2 aromatic heterocycles. The molecule has 0 aliphatic carbocycles. The molecule has 3 aromatic rings. The Morgan fingerprint density at radius 2 is 2.12 bits per heavy atom. The second kappa shape index (κ2) is 7.37. The van der Waals surface area contributed by atoms with Gasteiger partial charge in [0.1, 0.15) is 17.5 Å². The van der Waals surface area contributed by atoms with E-state index in [4.69, 9.17) is 9.26 Å². The van der Waals surface area contributed by atoms with Crippen molar-refractivity contribution < 1.29 is 14.1 Å². The van der Waals surface area contributed by atoms with Crippen molar-refractivity contribution >= 4 is 39.0 Å². The number of carbonyl (C=O) groups excluding carboxylic acids is 1. The molecule has 1 atom stereocenters. The number of nitrogens with one attached hydrogen (secondary N) is 1. The lowest BCUT2D eigenvalue weighted by molar-refractivity contribution is 0.121. The summed E-state index contributed by atoms with van der Waals surface area (Å²) in [5, 5.41) is 6.66. The number of aromatic nitrogens is 2. The molecule has 6 nitrogen and oxygen atoms in total. The Hall–Kier alpha value is -2.19. The predicted molar refractivity (Wildman–Crippen MR) is 99.7 cm³/mol. The summed E-state index contributed by atoms with van der Waals surface area (Å²) in [7, 11) is 0. The molecule has 0 spiro atoms. The molecule has 2 heterocycles. The summed E-state index contributed by atoms with van der Waals surface area (Å²) in [6.45, 7) is 5.57. The third kappa shape index (κ3) is 3.91. The molecule has 0 saturated carbocycles. The maximum absolute atomic E-state index is 12.3. The van der Waals surface area contributed by atoms with Gasteiger partial charge in [-0.25, -0.2) is 9.78 Å². The lowest BCUT2D eigenvalue weighted by Gasteiger charge is -2.16. The highest BCUT2D eigenvalue weighted by Gasteiger charge is 2.21. The summed E-state index contributed by atoms with van der Waals surface area (Å²) in [6, 6.07) is 7.80. The van der Waals surface area contributed by atoms with Crippen LogP contribution in [0.5, 0.6) is 0 Å². The summed E-state index contributed by atoms with van der Waals surface area (Å²) >= 11 is 4.70. The molecule has 8 heteroatoms. The molecule has 0 radical (unpaired) electrons. The summed E-state index contributed by atoms with van der Waals surface area (Å²) < 4.78 is 11.6. The molecule has 1 aromatic carbocycles. The Kier molecular flexibility index (Phi) is 5.19. The van der Waals surface area contributed by atoms with Crippen molar-refractivity contribution in [3.05, 3.63) is 51.2 Å². The topological polar surface area (TPSA) is 77.2 Å². The van der Waals surface area contributed by atoms with Gasteiger partial charge in [0.05, 0.1) is 11.1 Å². The summed E-state index contributed by atoms with van der Waals surface area (Å²) in [5.41, 5.74) is 3.09. The van der Waals surface area contributed by atoms with Crippen LogP contribution in [0, 0.1) is 13.8 Å². The molecule has 25 heavy (non-hydrogen) atoms. The van der Waals surface area contributed by atoms with E-state index in [0.717, 1.165) is 19.9 Å². The number of carbonyl (C=O) groups is 1. The minimum Gasteiger partial charge on any atom is -0.441 e. The number of nitrogens with zero attached hydrogens (tertiary/aromatic N) is 2. The van der Waals surface area contributed by atoms with Crippen LogP contribution >= 0.6 is 27.3 Å². The molecule has 0 aliphatic rings. The zero-order valence-electron chi connectivity index (χ0n) is 13.9. The monoisotopic (exact) mass is 421 g/mol. The number of hydrogen-bond acceptors (Lipinski definition) is 6. The van der Waals surface area contributed by atoms with Crippen LogP contribution in [0.25, 0.3) is 10.6 Å². The van der Waals surface area contributed by atoms with Gasteiger partial charge >= 0.3 is 6.09 Å². The molecule has 0 fully saturated rings. The van der Waals surface area contributed by atoms with Crippen molar-refractivity contribution in [2.24, 2.45) is 0 Å². The van der Waals surface area contributed by atoms with Gasteiger partial charge in [-0.3, -0.25) is 5.32 Å². The van der Waals surface area contributed by atoms with Gasteiger partial charge in [0.15, 0.2) is 3.92 Å². The Bertz CT molecular complexity index is 906. The number of anilines is 1. The van der Waals surface area contributed by atoms with E-state index in [1.165, 1.54) is 11.3 Å². The van der Waals surface area contributed by atoms with Crippen LogP contribution < -0.4 is 5.32 Å². The van der Waals surface area contributed by atoms with Crippen LogP contribution in [0.2, 0.25) is 0 Å². The van der Waals surface area contributed by atoms with Crippen LogP contribution in [0.1, 0.15) is 29.8 Å². The Labute approximate surface area is 157 Å². The van der Waals surface area contributed by atoms with E-state index in [-0.39, 0.29) is 6.10 Å². The molecule has 0 bridgehead atoms. The van der Waals surface area contributed by atoms with Crippen LogP contribution in [-0.2, 0) is 4.74 Å². The van der Waals surface area contributed by atoms with Gasteiger partial charge in [-0.1, -0.05) is 29.4 Å². The maximum Gasteiger partial charge on any atom is 0.412 e. The van der Waals surface area contributed by atoms with E-state index in [2.05, 4.69) is 31.4 Å². The number of aryl methyl sites for hydroxylation is 2. The largest absolute Gasteiger partial charge is 0.441 e. The zero-order valence-corrected chi connectivity index (χ0v) is 16.3. The second-order valence-electron chi connectivity index (χ2n) is 5.48. The van der Waals surface area contributed by atoms with Gasteiger partial charge in [0.25, 0.3) is 0 Å². The zero-order chi connectivity index (χ0) is 18.0. The average Bonchev–Trinajstić information content (AvgIpc) is 3.14. The van der Waals surface area contributed by atoms with Crippen LogP contribution in [0.4, 0.5) is 10.5 Å². The first-order chi connectivity index (χ1) is 12.0. The van der Waals surface area contributed by atoms with Crippen molar-refractivity contribution in [3.8, 4) is 10.6 Å². The molecule has 0 unspecified atom stereocenters. The van der Waals surface area contributed by atoms with E-state index in [9.17, 15) is 4.79 Å². The van der Waals surface area contributed by atoms with Crippen molar-refractivity contribution in [3.63, 3.8) is 0 Å². The number of ether oxygens (including phenoxy) is 1. The number of hydrogen-bond donors (Lipinski definition) is 1. The fourth-order valence-corrected chi connectivity index (χ4v) is 3.69. The summed E-state index contributed by atoms with van der Waals surface area (Å²) in [6.07, 6.45) is 0.718. The highest BCUT2D eigenvalue weighted by atomic mass is 79.9. The molecule has 0 aliphatic heterocycles. The standard InChI is InChI=1S/C17H16BrN3O3S/c1-9-6-4-5-7-12(9)11(3)23-17(22)20-14-10(2)21-24-15(14)13-8-19-16(18)25-13/h4-8,11H,1-3H3,(H,20,22)/t11-/m1/s1. The van der Waals surface area contributed by atoms with Crippen molar-refractivity contribution in [2.75, 3.05) is 5.32 Å². The molecular formula is C17H16BrN3O3S. The number of halogens is 1. The number of amides is 1. The minimum absolute atomic E-state index is 0.373.